The van der Waals surface area contributed by atoms with Crippen LogP contribution in [0.25, 0.3) is 11.4 Å². The van der Waals surface area contributed by atoms with E-state index in [9.17, 15) is 0 Å². The molecule has 1 heterocycles. The van der Waals surface area contributed by atoms with Crippen LogP contribution in [-0.4, -0.2) is 24.2 Å². The summed E-state index contributed by atoms with van der Waals surface area (Å²) in [6.45, 7) is 0. The molecule has 0 radical (unpaired) electrons. The Morgan fingerprint density at radius 3 is 2.50 bits per heavy atom. The maximum atomic E-state index is 6.07. The molecule has 2 rings (SSSR count). The van der Waals surface area contributed by atoms with Gasteiger partial charge in [0.1, 0.15) is 5.82 Å². The fourth-order valence-electron chi connectivity index (χ4n) is 1.40. The number of benzene rings is 1. The predicted molar refractivity (Wildman–Crippen MR) is 62.1 cm³/mol. The van der Waals surface area contributed by atoms with Gasteiger partial charge in [-0.3, -0.25) is 0 Å². The van der Waals surface area contributed by atoms with Crippen molar-refractivity contribution in [3.8, 4) is 23.1 Å². The van der Waals surface area contributed by atoms with Gasteiger partial charge in [0, 0.05) is 5.56 Å². The lowest BCUT2D eigenvalue weighted by Gasteiger charge is -1.98. The summed E-state index contributed by atoms with van der Waals surface area (Å²) < 4.78 is 10.2. The second kappa shape index (κ2) is 4.45. The lowest BCUT2D eigenvalue weighted by atomic mass is 10.2. The number of halogens is 1. The monoisotopic (exact) mass is 238 g/mol. The van der Waals surface area contributed by atoms with Crippen LogP contribution in [-0.2, 0) is 0 Å². The van der Waals surface area contributed by atoms with Crippen LogP contribution < -0.4 is 9.47 Å². The Kier molecular flexibility index (Phi) is 3.01. The van der Waals surface area contributed by atoms with Crippen molar-refractivity contribution in [1.29, 1.82) is 0 Å². The lowest BCUT2D eigenvalue weighted by Crippen LogP contribution is -1.87. The molecule has 0 saturated heterocycles. The number of imidazole rings is 1. The molecule has 0 aliphatic rings. The van der Waals surface area contributed by atoms with Crippen molar-refractivity contribution >= 4 is 11.6 Å². The molecule has 0 saturated carbocycles. The van der Waals surface area contributed by atoms with Crippen molar-refractivity contribution in [1.82, 2.24) is 9.97 Å². The van der Waals surface area contributed by atoms with Crippen LogP contribution in [0.15, 0.2) is 24.3 Å². The third-order valence-corrected chi connectivity index (χ3v) is 2.50. The first-order valence-corrected chi connectivity index (χ1v) is 5.07. The Bertz CT molecular complexity index is 475. The highest BCUT2D eigenvalue weighted by atomic mass is 35.5. The number of aromatic amines is 1. The third-order valence-electron chi connectivity index (χ3n) is 2.17. The average molecular weight is 239 g/mol. The molecule has 0 bridgehead atoms. The summed E-state index contributed by atoms with van der Waals surface area (Å²) in [6.07, 6.45) is 0. The molecule has 5 heteroatoms. The molecule has 0 aliphatic heterocycles. The first kappa shape index (κ1) is 10.8. The number of hydrogen-bond acceptors (Lipinski definition) is 3. The van der Waals surface area contributed by atoms with Gasteiger partial charge in [0.05, 0.1) is 19.2 Å². The summed E-state index contributed by atoms with van der Waals surface area (Å²) in [5.74, 6) is 1.52. The first-order chi connectivity index (χ1) is 7.76. The zero-order valence-electron chi connectivity index (χ0n) is 8.95. The quantitative estimate of drug-likeness (QED) is 0.895. The number of nitrogens with one attached hydrogen (secondary N) is 1. The molecule has 0 unspecified atom stereocenters. The van der Waals surface area contributed by atoms with Crippen LogP contribution in [0.1, 0.15) is 0 Å². The maximum Gasteiger partial charge on any atom is 0.277 e. The fourth-order valence-corrected chi connectivity index (χ4v) is 1.62. The second-order valence-corrected chi connectivity index (χ2v) is 3.51. The van der Waals surface area contributed by atoms with Gasteiger partial charge in [-0.2, -0.15) is 4.98 Å². The fraction of sp³-hybridized carbons (Fsp3) is 0.182. The molecule has 0 fully saturated rings. The van der Waals surface area contributed by atoms with Gasteiger partial charge in [-0.05, 0) is 12.1 Å². The highest BCUT2D eigenvalue weighted by molar-refractivity contribution is 6.33. The van der Waals surface area contributed by atoms with Gasteiger partial charge in [0.15, 0.2) is 0 Å². The minimum absolute atomic E-state index is 0.414. The molecule has 0 atom stereocenters. The van der Waals surface area contributed by atoms with Crippen LogP contribution >= 0.6 is 11.6 Å². The number of nitrogens with zero attached hydrogens (tertiary/aromatic N) is 1. The Morgan fingerprint density at radius 2 is 1.94 bits per heavy atom. The van der Waals surface area contributed by atoms with E-state index in [1.54, 1.807) is 13.2 Å². The predicted octanol–water partition coefficient (Wildman–Crippen LogP) is 2.75. The van der Waals surface area contributed by atoms with Crippen LogP contribution in [0, 0.1) is 0 Å². The standard InChI is InChI=1S/C11H11ClN2O2/c1-15-10-11(16-2)14-9(13-10)7-5-3-4-6-8(7)12/h3-6H,1-2H3,(H,13,14). The minimum Gasteiger partial charge on any atom is -0.478 e. The zero-order valence-corrected chi connectivity index (χ0v) is 9.71. The lowest BCUT2D eigenvalue weighted by molar-refractivity contribution is 0.340. The molecule has 84 valence electrons. The van der Waals surface area contributed by atoms with E-state index in [2.05, 4.69) is 9.97 Å². The van der Waals surface area contributed by atoms with E-state index in [-0.39, 0.29) is 0 Å². The van der Waals surface area contributed by atoms with Crippen molar-refractivity contribution < 1.29 is 9.47 Å². The SMILES string of the molecule is COc1nc(-c2ccccc2Cl)[nH]c1OC. The second-order valence-electron chi connectivity index (χ2n) is 3.11. The van der Waals surface area contributed by atoms with Gasteiger partial charge < -0.3 is 14.5 Å². The van der Waals surface area contributed by atoms with Crippen molar-refractivity contribution in [3.05, 3.63) is 29.3 Å². The normalized spacial score (nSPS) is 10.2. The van der Waals surface area contributed by atoms with E-state index in [1.807, 2.05) is 18.2 Å². The molecular formula is C11H11ClN2O2. The van der Waals surface area contributed by atoms with Crippen LogP contribution in [0.5, 0.6) is 11.8 Å². The van der Waals surface area contributed by atoms with Crippen molar-refractivity contribution in [2.24, 2.45) is 0 Å². The van der Waals surface area contributed by atoms with Crippen LogP contribution in [0.4, 0.5) is 0 Å². The summed E-state index contributed by atoms with van der Waals surface area (Å²) in [7, 11) is 3.08. The number of H-pyrrole nitrogens is 1. The third kappa shape index (κ3) is 1.84. The highest BCUT2D eigenvalue weighted by Gasteiger charge is 2.13. The van der Waals surface area contributed by atoms with E-state index in [0.29, 0.717) is 22.6 Å². The van der Waals surface area contributed by atoms with Gasteiger partial charge in [-0.25, -0.2) is 0 Å². The topological polar surface area (TPSA) is 47.1 Å². The molecule has 1 aromatic heterocycles. The number of hydrogen-bond donors (Lipinski definition) is 1. The van der Waals surface area contributed by atoms with E-state index >= 15 is 0 Å². The molecule has 0 amide bonds. The van der Waals surface area contributed by atoms with E-state index in [1.165, 1.54) is 7.11 Å². The largest absolute Gasteiger partial charge is 0.478 e. The smallest absolute Gasteiger partial charge is 0.277 e. The van der Waals surface area contributed by atoms with Crippen molar-refractivity contribution in [2.75, 3.05) is 14.2 Å². The zero-order chi connectivity index (χ0) is 11.5. The van der Waals surface area contributed by atoms with E-state index in [0.717, 1.165) is 5.56 Å². The number of ether oxygens (including phenoxy) is 2. The summed E-state index contributed by atoms with van der Waals surface area (Å²) >= 11 is 6.07. The maximum absolute atomic E-state index is 6.07. The van der Waals surface area contributed by atoms with Gasteiger partial charge in [-0.15, -0.1) is 0 Å². The molecule has 0 aliphatic carbocycles. The van der Waals surface area contributed by atoms with Gasteiger partial charge in [-0.1, -0.05) is 23.7 Å². The molecule has 1 N–H and O–H groups in total. The van der Waals surface area contributed by atoms with Gasteiger partial charge in [0.25, 0.3) is 11.8 Å². The Labute approximate surface area is 98.2 Å². The van der Waals surface area contributed by atoms with E-state index in [4.69, 9.17) is 21.1 Å². The van der Waals surface area contributed by atoms with E-state index < -0.39 is 0 Å². The number of aromatic nitrogens is 2. The summed E-state index contributed by atoms with van der Waals surface area (Å²) in [4.78, 5) is 7.24. The molecule has 2 aromatic rings. The summed E-state index contributed by atoms with van der Waals surface area (Å²) in [6, 6.07) is 7.43. The molecule has 1 aromatic carbocycles. The van der Waals surface area contributed by atoms with Gasteiger partial charge >= 0.3 is 0 Å². The molecule has 4 nitrogen and oxygen atoms in total. The molecule has 16 heavy (non-hydrogen) atoms. The van der Waals surface area contributed by atoms with Crippen molar-refractivity contribution in [2.45, 2.75) is 0 Å². The average Bonchev–Trinajstić information content (AvgIpc) is 2.72. The summed E-state index contributed by atoms with van der Waals surface area (Å²) in [5, 5.41) is 0.626. The van der Waals surface area contributed by atoms with Crippen LogP contribution in [0.2, 0.25) is 5.02 Å². The molecule has 0 spiro atoms. The Hall–Kier alpha value is -1.68. The minimum atomic E-state index is 0.414. The number of rotatable bonds is 3. The number of methoxy groups -OCH3 is 2. The van der Waals surface area contributed by atoms with Crippen LogP contribution in [0.3, 0.4) is 0 Å². The van der Waals surface area contributed by atoms with Gasteiger partial charge in [0.2, 0.25) is 0 Å². The Morgan fingerprint density at radius 1 is 1.19 bits per heavy atom. The first-order valence-electron chi connectivity index (χ1n) is 4.69. The highest BCUT2D eigenvalue weighted by Crippen LogP contribution is 2.31. The summed E-state index contributed by atoms with van der Waals surface area (Å²) in [5.41, 5.74) is 0.811. The molecular weight excluding hydrogens is 228 g/mol. The Balaban J connectivity index is 2.49. The van der Waals surface area contributed by atoms with Crippen molar-refractivity contribution in [3.63, 3.8) is 0 Å².